The fraction of sp³-hybridized carbons (Fsp3) is 0.500. The molecule has 2 saturated carbocycles. The van der Waals surface area contributed by atoms with Gasteiger partial charge < -0.3 is 9.47 Å². The SMILES string of the molecule is O=C(Oc1ccc([N+](=O)[O-])cc1)O[C@@H]1C=C[C@@H]2CC[C@@H]3CC[C@@H]1[C@@H]32. The molecule has 0 radical (unpaired) electrons. The van der Waals surface area contributed by atoms with Gasteiger partial charge in [-0.3, -0.25) is 10.1 Å². The van der Waals surface area contributed by atoms with E-state index in [1.54, 1.807) is 0 Å². The third kappa shape index (κ3) is 2.66. The Morgan fingerprint density at radius 2 is 1.83 bits per heavy atom. The van der Waals surface area contributed by atoms with Gasteiger partial charge >= 0.3 is 6.16 Å². The maximum absolute atomic E-state index is 12.1. The quantitative estimate of drug-likeness (QED) is 0.274. The summed E-state index contributed by atoms with van der Waals surface area (Å²) in [6, 6.07) is 5.39. The maximum Gasteiger partial charge on any atom is 0.514 e. The van der Waals surface area contributed by atoms with Gasteiger partial charge in [0.2, 0.25) is 0 Å². The van der Waals surface area contributed by atoms with Gasteiger partial charge in [0.25, 0.3) is 5.69 Å². The Morgan fingerprint density at radius 1 is 1.08 bits per heavy atom. The van der Waals surface area contributed by atoms with Crippen molar-refractivity contribution in [2.75, 3.05) is 0 Å². The molecule has 1 aromatic carbocycles. The fourth-order valence-electron chi connectivity index (χ4n) is 4.74. The van der Waals surface area contributed by atoms with E-state index in [0.717, 1.165) is 12.3 Å². The first-order chi connectivity index (χ1) is 11.6. The van der Waals surface area contributed by atoms with Gasteiger partial charge in [0, 0.05) is 18.1 Å². The van der Waals surface area contributed by atoms with Crippen LogP contribution >= 0.6 is 0 Å². The van der Waals surface area contributed by atoms with E-state index in [9.17, 15) is 14.9 Å². The Morgan fingerprint density at radius 3 is 2.58 bits per heavy atom. The first kappa shape index (κ1) is 15.2. The molecule has 0 N–H and O–H groups in total. The molecule has 1 aromatic rings. The molecule has 5 atom stereocenters. The van der Waals surface area contributed by atoms with Crippen molar-refractivity contribution >= 4 is 11.8 Å². The lowest BCUT2D eigenvalue weighted by molar-refractivity contribution is -0.384. The van der Waals surface area contributed by atoms with E-state index in [1.807, 2.05) is 6.08 Å². The lowest BCUT2D eigenvalue weighted by atomic mass is 9.77. The fourth-order valence-corrected chi connectivity index (χ4v) is 4.74. The zero-order chi connectivity index (χ0) is 16.7. The molecule has 0 aliphatic heterocycles. The highest BCUT2D eigenvalue weighted by molar-refractivity contribution is 5.64. The Bertz CT molecular complexity index is 683. The third-order valence-electron chi connectivity index (χ3n) is 5.73. The van der Waals surface area contributed by atoms with Crippen molar-refractivity contribution in [1.29, 1.82) is 0 Å². The second-order valence-corrected chi connectivity index (χ2v) is 6.89. The van der Waals surface area contributed by atoms with Gasteiger partial charge in [-0.05, 0) is 61.6 Å². The average molecular weight is 329 g/mol. The van der Waals surface area contributed by atoms with E-state index >= 15 is 0 Å². The van der Waals surface area contributed by atoms with E-state index in [4.69, 9.17) is 9.47 Å². The van der Waals surface area contributed by atoms with E-state index in [1.165, 1.54) is 43.5 Å². The van der Waals surface area contributed by atoms with Gasteiger partial charge in [0.15, 0.2) is 0 Å². The van der Waals surface area contributed by atoms with Crippen molar-refractivity contribution in [3.05, 3.63) is 46.5 Å². The highest BCUT2D eigenvalue weighted by Gasteiger charge is 2.49. The molecule has 6 heteroatoms. The summed E-state index contributed by atoms with van der Waals surface area (Å²) in [5.74, 6) is 2.72. The molecule has 4 rings (SSSR count). The van der Waals surface area contributed by atoms with E-state index in [0.29, 0.717) is 17.8 Å². The van der Waals surface area contributed by atoms with Gasteiger partial charge in [0.1, 0.15) is 11.9 Å². The lowest BCUT2D eigenvalue weighted by Gasteiger charge is -2.32. The second kappa shape index (κ2) is 5.92. The Balaban J connectivity index is 1.39. The Hall–Kier alpha value is -2.37. The molecule has 6 nitrogen and oxygen atoms in total. The Labute approximate surface area is 139 Å². The molecule has 2 fully saturated rings. The molecule has 0 spiro atoms. The van der Waals surface area contributed by atoms with Gasteiger partial charge in [0.05, 0.1) is 4.92 Å². The summed E-state index contributed by atoms with van der Waals surface area (Å²) in [5, 5.41) is 10.6. The van der Waals surface area contributed by atoms with Crippen LogP contribution in [0.2, 0.25) is 0 Å². The van der Waals surface area contributed by atoms with Crippen LogP contribution in [0.5, 0.6) is 5.75 Å². The van der Waals surface area contributed by atoms with E-state index in [-0.39, 0.29) is 17.5 Å². The van der Waals surface area contributed by atoms with Crippen molar-refractivity contribution in [1.82, 2.24) is 0 Å². The van der Waals surface area contributed by atoms with Crippen LogP contribution in [0.4, 0.5) is 10.5 Å². The summed E-state index contributed by atoms with van der Waals surface area (Å²) >= 11 is 0. The van der Waals surface area contributed by atoms with Crippen molar-refractivity contribution in [2.24, 2.45) is 23.7 Å². The molecular formula is C18H19NO5. The van der Waals surface area contributed by atoms with Crippen LogP contribution in [0, 0.1) is 33.8 Å². The molecular weight excluding hydrogens is 310 g/mol. The summed E-state index contributed by atoms with van der Waals surface area (Å²) in [7, 11) is 0. The molecule has 3 aliphatic rings. The van der Waals surface area contributed by atoms with Crippen molar-refractivity contribution in [2.45, 2.75) is 31.8 Å². The average Bonchev–Trinajstić information content (AvgIpc) is 3.16. The molecule has 0 aromatic heterocycles. The summed E-state index contributed by atoms with van der Waals surface area (Å²) < 4.78 is 10.7. The second-order valence-electron chi connectivity index (χ2n) is 6.89. The number of benzene rings is 1. The van der Waals surface area contributed by atoms with Crippen molar-refractivity contribution in [3.63, 3.8) is 0 Å². The number of non-ortho nitro benzene ring substituents is 1. The topological polar surface area (TPSA) is 78.7 Å². The minimum absolute atomic E-state index is 0.0461. The zero-order valence-corrected chi connectivity index (χ0v) is 13.2. The number of hydrogen-bond acceptors (Lipinski definition) is 5. The van der Waals surface area contributed by atoms with Gasteiger partial charge in [-0.1, -0.05) is 6.08 Å². The summed E-state index contributed by atoms with van der Waals surface area (Å²) in [6.07, 6.45) is 8.11. The Kier molecular flexibility index (Phi) is 3.75. The first-order valence-corrected chi connectivity index (χ1v) is 8.43. The number of ether oxygens (including phenoxy) is 2. The van der Waals surface area contributed by atoms with E-state index in [2.05, 4.69) is 6.08 Å². The number of carbonyl (C=O) groups is 1. The molecule has 24 heavy (non-hydrogen) atoms. The van der Waals surface area contributed by atoms with Crippen LogP contribution in [0.1, 0.15) is 25.7 Å². The maximum atomic E-state index is 12.1. The van der Waals surface area contributed by atoms with Crippen LogP contribution in [0.3, 0.4) is 0 Å². The van der Waals surface area contributed by atoms with Crippen LogP contribution in [0.25, 0.3) is 0 Å². The molecule has 126 valence electrons. The zero-order valence-electron chi connectivity index (χ0n) is 13.2. The number of nitro groups is 1. The predicted octanol–water partition coefficient (Wildman–Crippen LogP) is 4.10. The van der Waals surface area contributed by atoms with Gasteiger partial charge in [-0.25, -0.2) is 4.79 Å². The minimum Gasteiger partial charge on any atom is -0.426 e. The van der Waals surface area contributed by atoms with Crippen LogP contribution in [-0.2, 0) is 4.74 Å². The first-order valence-electron chi connectivity index (χ1n) is 8.43. The molecule has 0 heterocycles. The molecule has 3 aliphatic carbocycles. The molecule has 0 bridgehead atoms. The number of hydrogen-bond donors (Lipinski definition) is 0. The normalized spacial score (nSPS) is 33.1. The minimum atomic E-state index is -0.751. The monoisotopic (exact) mass is 329 g/mol. The van der Waals surface area contributed by atoms with Crippen LogP contribution in [0.15, 0.2) is 36.4 Å². The highest BCUT2D eigenvalue weighted by Crippen LogP contribution is 2.54. The molecule has 0 unspecified atom stereocenters. The van der Waals surface area contributed by atoms with Crippen molar-refractivity contribution < 1.29 is 19.2 Å². The summed E-state index contributed by atoms with van der Waals surface area (Å²) in [6.45, 7) is 0. The molecule has 0 saturated heterocycles. The summed E-state index contributed by atoms with van der Waals surface area (Å²) in [5.41, 5.74) is -0.0461. The number of rotatable bonds is 3. The standard InChI is InChI=1S/C18H19NO5/c20-18(23-14-7-5-13(6-8-14)19(21)22)24-16-10-4-12-2-1-11-3-9-15(16)17(11)12/h4-8,10-12,15-17H,1-3,9H2/t11-,12+,15+,16-,17+/m1/s1. The third-order valence-corrected chi connectivity index (χ3v) is 5.73. The van der Waals surface area contributed by atoms with Crippen LogP contribution in [-0.4, -0.2) is 17.2 Å². The van der Waals surface area contributed by atoms with E-state index < -0.39 is 11.1 Å². The number of carbonyl (C=O) groups excluding carboxylic acids is 1. The van der Waals surface area contributed by atoms with Crippen LogP contribution < -0.4 is 4.74 Å². The smallest absolute Gasteiger partial charge is 0.426 e. The number of allylic oxidation sites excluding steroid dienone is 1. The predicted molar refractivity (Wildman–Crippen MR) is 85.6 cm³/mol. The lowest BCUT2D eigenvalue weighted by Crippen LogP contribution is -2.34. The highest BCUT2D eigenvalue weighted by atomic mass is 16.7. The van der Waals surface area contributed by atoms with Gasteiger partial charge in [-0.15, -0.1) is 0 Å². The van der Waals surface area contributed by atoms with Crippen molar-refractivity contribution in [3.8, 4) is 5.75 Å². The number of nitro benzene ring substituents is 1. The van der Waals surface area contributed by atoms with Gasteiger partial charge in [-0.2, -0.15) is 0 Å². The number of nitrogens with zero attached hydrogens (tertiary/aromatic N) is 1. The molecule has 0 amide bonds. The largest absolute Gasteiger partial charge is 0.514 e. The summed E-state index contributed by atoms with van der Waals surface area (Å²) in [4.78, 5) is 22.2.